The summed E-state index contributed by atoms with van der Waals surface area (Å²) in [7, 11) is 0. The van der Waals surface area contributed by atoms with Gasteiger partial charge in [-0.1, -0.05) is 30.3 Å². The van der Waals surface area contributed by atoms with Gasteiger partial charge in [-0.25, -0.2) is 4.98 Å². The van der Waals surface area contributed by atoms with Crippen molar-refractivity contribution in [3.63, 3.8) is 0 Å². The molecule has 2 aliphatic rings. The van der Waals surface area contributed by atoms with Gasteiger partial charge in [0.05, 0.1) is 30.1 Å². The van der Waals surface area contributed by atoms with Crippen molar-refractivity contribution in [3.8, 4) is 11.3 Å². The first-order chi connectivity index (χ1) is 21.0. The normalized spacial score (nSPS) is 19.7. The lowest BCUT2D eigenvalue weighted by molar-refractivity contribution is 0.0733. The molecule has 2 aromatic carbocycles. The SMILES string of the molecule is Cc1csc([C@H]2CCCN2C(=O)c2cc(C(=O)NC(Cc3ccccc3)[C@H](O)[C@@H]3CCCN3)cc(-c3cnccn3)c2)n1. The van der Waals surface area contributed by atoms with E-state index in [1.165, 1.54) is 0 Å². The highest BCUT2D eigenvalue weighted by Crippen LogP contribution is 2.35. The fourth-order valence-electron chi connectivity index (χ4n) is 6.10. The molecule has 10 heteroatoms. The number of aryl methyl sites for hydroxylation is 1. The van der Waals surface area contributed by atoms with Crippen molar-refractivity contribution >= 4 is 23.2 Å². The maximum absolute atomic E-state index is 14.0. The fraction of sp³-hybridized carbons (Fsp3) is 0.364. The molecule has 2 amide bonds. The Bertz CT molecular complexity index is 1560. The maximum atomic E-state index is 14.0. The molecule has 0 spiro atoms. The number of nitrogens with zero attached hydrogens (tertiary/aromatic N) is 4. The summed E-state index contributed by atoms with van der Waals surface area (Å²) in [6.07, 6.45) is 8.07. The summed E-state index contributed by atoms with van der Waals surface area (Å²) in [6.45, 7) is 3.43. The lowest BCUT2D eigenvalue weighted by Crippen LogP contribution is -2.52. The number of rotatable bonds is 9. The molecule has 2 saturated heterocycles. The second kappa shape index (κ2) is 13.1. The Kier molecular flexibility index (Phi) is 8.87. The zero-order valence-electron chi connectivity index (χ0n) is 24.1. The van der Waals surface area contributed by atoms with Gasteiger partial charge in [-0.15, -0.1) is 11.3 Å². The van der Waals surface area contributed by atoms with Crippen LogP contribution in [-0.2, 0) is 6.42 Å². The standard InChI is InChI=1S/C33H36N6O3S/c1-21-20-43-32(37-21)29-10-6-14-39(29)33(42)25-17-23(28-19-34-12-13-36-28)16-24(18-25)31(41)38-27(15-22-7-3-2-4-8-22)30(40)26-9-5-11-35-26/h2-4,7-8,12-13,16-20,26-27,29-30,35,40H,5-6,9-11,14-15H2,1H3,(H,38,41)/t26-,27?,29+,30+/m0/s1. The van der Waals surface area contributed by atoms with Gasteiger partial charge in [0.2, 0.25) is 0 Å². The second-order valence-corrected chi connectivity index (χ2v) is 12.2. The van der Waals surface area contributed by atoms with Crippen molar-refractivity contribution in [2.24, 2.45) is 0 Å². The second-order valence-electron chi connectivity index (χ2n) is 11.3. The zero-order chi connectivity index (χ0) is 29.8. The van der Waals surface area contributed by atoms with Gasteiger partial charge in [-0.2, -0.15) is 0 Å². The number of aliphatic hydroxyl groups is 1. The summed E-state index contributed by atoms with van der Waals surface area (Å²) in [5, 5.41) is 20.8. The number of aliphatic hydroxyl groups excluding tert-OH is 1. The van der Waals surface area contributed by atoms with Gasteiger partial charge < -0.3 is 20.6 Å². The van der Waals surface area contributed by atoms with Crippen LogP contribution in [0.1, 0.15) is 68.7 Å². The average molecular weight is 597 g/mol. The fourth-order valence-corrected chi connectivity index (χ4v) is 7.04. The van der Waals surface area contributed by atoms with Crippen molar-refractivity contribution in [3.05, 3.63) is 99.9 Å². The third-order valence-corrected chi connectivity index (χ3v) is 9.34. The van der Waals surface area contributed by atoms with E-state index < -0.39 is 12.1 Å². The van der Waals surface area contributed by atoms with Crippen LogP contribution in [0.4, 0.5) is 0 Å². The highest BCUT2D eigenvalue weighted by Gasteiger charge is 2.34. The number of hydrogen-bond acceptors (Lipinski definition) is 8. The van der Waals surface area contributed by atoms with Crippen molar-refractivity contribution in [2.75, 3.05) is 13.1 Å². The first-order valence-electron chi connectivity index (χ1n) is 14.9. The van der Waals surface area contributed by atoms with E-state index in [2.05, 4.69) is 25.6 Å². The minimum atomic E-state index is -0.775. The van der Waals surface area contributed by atoms with Gasteiger partial charge in [0.25, 0.3) is 11.8 Å². The van der Waals surface area contributed by atoms with Crippen molar-refractivity contribution in [2.45, 2.75) is 63.3 Å². The van der Waals surface area contributed by atoms with Gasteiger partial charge >= 0.3 is 0 Å². The summed E-state index contributed by atoms with van der Waals surface area (Å²) >= 11 is 1.58. The molecule has 0 aliphatic carbocycles. The topological polar surface area (TPSA) is 120 Å². The van der Waals surface area contributed by atoms with Crippen molar-refractivity contribution < 1.29 is 14.7 Å². The van der Waals surface area contributed by atoms with Crippen molar-refractivity contribution in [1.82, 2.24) is 30.5 Å². The third kappa shape index (κ3) is 6.66. The number of carbonyl (C=O) groups excluding carboxylic acids is 2. The van der Waals surface area contributed by atoms with E-state index in [9.17, 15) is 14.7 Å². The molecule has 6 rings (SSSR count). The summed E-state index contributed by atoms with van der Waals surface area (Å²) < 4.78 is 0. The maximum Gasteiger partial charge on any atom is 0.254 e. The summed E-state index contributed by atoms with van der Waals surface area (Å²) in [6, 6.07) is 14.3. The first kappa shape index (κ1) is 29.1. The van der Waals surface area contributed by atoms with Gasteiger partial charge in [-0.05, 0) is 69.3 Å². The van der Waals surface area contributed by atoms with Crippen LogP contribution in [-0.4, -0.2) is 68.0 Å². The van der Waals surface area contributed by atoms with Crippen molar-refractivity contribution in [1.29, 1.82) is 0 Å². The number of hydrogen-bond donors (Lipinski definition) is 3. The quantitative estimate of drug-likeness (QED) is 0.263. The molecule has 1 unspecified atom stereocenters. The van der Waals surface area contributed by atoms with Gasteiger partial charge in [0, 0.05) is 52.7 Å². The van der Waals surface area contributed by atoms with Gasteiger partial charge in [0.1, 0.15) is 5.01 Å². The van der Waals surface area contributed by atoms with Crippen LogP contribution in [0.5, 0.6) is 0 Å². The first-order valence-corrected chi connectivity index (χ1v) is 15.7. The molecule has 2 fully saturated rings. The summed E-state index contributed by atoms with van der Waals surface area (Å²) in [5.74, 6) is -0.502. The lowest BCUT2D eigenvalue weighted by atomic mass is 9.94. The molecule has 4 heterocycles. The van der Waals surface area contributed by atoms with Crippen LogP contribution in [0, 0.1) is 6.92 Å². The van der Waals surface area contributed by atoms with Crippen LogP contribution in [0.2, 0.25) is 0 Å². The molecule has 3 N–H and O–H groups in total. The Balaban J connectivity index is 1.32. The van der Waals surface area contributed by atoms with E-state index >= 15 is 0 Å². The van der Waals surface area contributed by atoms with E-state index in [-0.39, 0.29) is 23.9 Å². The predicted octanol–water partition coefficient (Wildman–Crippen LogP) is 4.34. The molecule has 4 aromatic rings. The number of thiazole rings is 1. The number of likely N-dealkylation sites (tertiary alicyclic amines) is 1. The largest absolute Gasteiger partial charge is 0.389 e. The highest BCUT2D eigenvalue weighted by molar-refractivity contribution is 7.09. The van der Waals surface area contributed by atoms with Crippen LogP contribution in [0.25, 0.3) is 11.3 Å². The van der Waals surface area contributed by atoms with E-state index in [0.29, 0.717) is 35.3 Å². The molecule has 0 saturated carbocycles. The summed E-state index contributed by atoms with van der Waals surface area (Å²) in [4.78, 5) is 43.1. The Labute approximate surface area is 255 Å². The van der Waals surface area contributed by atoms with Gasteiger partial charge in [0.15, 0.2) is 0 Å². The summed E-state index contributed by atoms with van der Waals surface area (Å²) in [5.41, 5.74) is 3.90. The smallest absolute Gasteiger partial charge is 0.254 e. The molecule has 0 radical (unpaired) electrons. The predicted molar refractivity (Wildman–Crippen MR) is 166 cm³/mol. The Morgan fingerprint density at radius 3 is 2.67 bits per heavy atom. The van der Waals surface area contributed by atoms with Gasteiger partial charge in [-0.3, -0.25) is 19.6 Å². The number of amides is 2. The van der Waals surface area contributed by atoms with Crippen LogP contribution in [0.15, 0.2) is 72.5 Å². The van der Waals surface area contributed by atoms with E-state index in [1.54, 1.807) is 48.1 Å². The molecule has 2 aliphatic heterocycles. The Morgan fingerprint density at radius 1 is 1.12 bits per heavy atom. The number of benzene rings is 2. The number of nitrogens with one attached hydrogen (secondary N) is 2. The molecule has 43 heavy (non-hydrogen) atoms. The average Bonchev–Trinajstić information content (AvgIpc) is 3.83. The molecule has 2 aromatic heterocycles. The van der Waals surface area contributed by atoms with Crippen LogP contribution >= 0.6 is 11.3 Å². The Hall–Kier alpha value is -3.99. The van der Waals surface area contributed by atoms with E-state index in [0.717, 1.165) is 48.5 Å². The van der Waals surface area contributed by atoms with Crippen LogP contribution < -0.4 is 10.6 Å². The minimum absolute atomic E-state index is 0.0899. The molecular formula is C33H36N6O3S. The molecular weight excluding hydrogens is 560 g/mol. The number of carbonyl (C=O) groups is 2. The van der Waals surface area contributed by atoms with E-state index in [1.807, 2.05) is 47.5 Å². The molecule has 222 valence electrons. The number of aromatic nitrogens is 3. The van der Waals surface area contributed by atoms with E-state index in [4.69, 9.17) is 0 Å². The van der Waals surface area contributed by atoms with Crippen LogP contribution in [0.3, 0.4) is 0 Å². The highest BCUT2D eigenvalue weighted by atomic mass is 32.1. The minimum Gasteiger partial charge on any atom is -0.389 e. The molecule has 9 nitrogen and oxygen atoms in total. The monoisotopic (exact) mass is 596 g/mol. The molecule has 0 bridgehead atoms. The molecule has 4 atom stereocenters. The lowest BCUT2D eigenvalue weighted by Gasteiger charge is -2.29. The Morgan fingerprint density at radius 2 is 1.95 bits per heavy atom. The third-order valence-electron chi connectivity index (χ3n) is 8.27. The zero-order valence-corrected chi connectivity index (χ0v) is 25.0.